The first kappa shape index (κ1) is 16.7. The van der Waals surface area contributed by atoms with E-state index in [1.807, 2.05) is 42.5 Å². The highest BCUT2D eigenvalue weighted by Gasteiger charge is 2.54. The van der Waals surface area contributed by atoms with Gasteiger partial charge in [-0.3, -0.25) is 9.59 Å². The van der Waals surface area contributed by atoms with Crippen LogP contribution in [0.1, 0.15) is 42.9 Å². The van der Waals surface area contributed by atoms with Gasteiger partial charge in [-0.15, -0.1) is 0 Å². The minimum Gasteiger partial charge on any atom is -0.325 e. The first-order chi connectivity index (χ1) is 13.5. The lowest BCUT2D eigenvalue weighted by Crippen LogP contribution is -2.43. The van der Waals surface area contributed by atoms with Gasteiger partial charge in [0.25, 0.3) is 0 Å². The molecular formula is C22H20N4O2. The third kappa shape index (κ3) is 2.17. The lowest BCUT2D eigenvalue weighted by Gasteiger charge is -2.32. The molecule has 2 N–H and O–H groups in total. The smallest absolute Gasteiger partial charge is 0.240 e. The van der Waals surface area contributed by atoms with Gasteiger partial charge in [-0.05, 0) is 35.2 Å². The van der Waals surface area contributed by atoms with E-state index in [2.05, 4.69) is 35.6 Å². The van der Waals surface area contributed by atoms with Crippen LogP contribution >= 0.6 is 0 Å². The summed E-state index contributed by atoms with van der Waals surface area (Å²) in [4.78, 5) is 25.9. The maximum Gasteiger partial charge on any atom is 0.240 e. The zero-order valence-corrected chi connectivity index (χ0v) is 15.7. The Morgan fingerprint density at radius 3 is 2.57 bits per heavy atom. The van der Waals surface area contributed by atoms with Gasteiger partial charge in [-0.2, -0.15) is 5.10 Å². The van der Waals surface area contributed by atoms with E-state index in [1.165, 1.54) is 0 Å². The monoisotopic (exact) mass is 372 g/mol. The van der Waals surface area contributed by atoms with E-state index in [-0.39, 0.29) is 18.2 Å². The van der Waals surface area contributed by atoms with Crippen molar-refractivity contribution in [2.45, 2.75) is 31.6 Å². The molecule has 6 nitrogen and oxygen atoms in total. The molecule has 28 heavy (non-hydrogen) atoms. The number of amides is 2. The summed E-state index contributed by atoms with van der Waals surface area (Å²) in [6.07, 6.45) is 1.78. The zero-order chi connectivity index (χ0) is 19.5. The topological polar surface area (TPSA) is 76.0 Å². The Morgan fingerprint density at radius 1 is 1.04 bits per heavy atom. The van der Waals surface area contributed by atoms with Gasteiger partial charge in [0.15, 0.2) is 0 Å². The maximum atomic E-state index is 13.2. The van der Waals surface area contributed by atoms with E-state index in [1.54, 1.807) is 10.9 Å². The number of rotatable bonds is 2. The van der Waals surface area contributed by atoms with Crippen LogP contribution in [-0.2, 0) is 15.0 Å². The Morgan fingerprint density at radius 2 is 1.82 bits per heavy atom. The highest BCUT2D eigenvalue weighted by atomic mass is 16.2. The average molecular weight is 372 g/mol. The second kappa shape index (κ2) is 5.79. The molecule has 1 aromatic heterocycles. The average Bonchev–Trinajstić information content (AvgIpc) is 3.22. The number of hydrogen-bond acceptors (Lipinski definition) is 3. The van der Waals surface area contributed by atoms with Crippen LogP contribution in [0.3, 0.4) is 0 Å². The highest BCUT2D eigenvalue weighted by molar-refractivity contribution is 6.14. The zero-order valence-electron chi connectivity index (χ0n) is 15.7. The van der Waals surface area contributed by atoms with Gasteiger partial charge in [-0.1, -0.05) is 44.2 Å². The highest BCUT2D eigenvalue weighted by Crippen LogP contribution is 2.50. The van der Waals surface area contributed by atoms with Crippen LogP contribution in [0.4, 0.5) is 11.5 Å². The van der Waals surface area contributed by atoms with Crippen molar-refractivity contribution in [3.8, 4) is 5.69 Å². The molecule has 0 aliphatic carbocycles. The standard InChI is InChI=1S/C22H20N4O2/c1-13(2)14-8-9-18-16(10-14)22(21(28)24-18)11-19(27)25-20-17(22)12-23-26(20)15-6-4-3-5-7-15/h3-10,12-13H,11H2,1-2H3,(H,24,28)(H,25,27). The van der Waals surface area contributed by atoms with Crippen molar-refractivity contribution in [1.29, 1.82) is 0 Å². The predicted octanol–water partition coefficient (Wildman–Crippen LogP) is 3.58. The molecule has 0 fully saturated rings. The third-order valence-electron chi connectivity index (χ3n) is 5.72. The molecule has 0 radical (unpaired) electrons. The van der Waals surface area contributed by atoms with Gasteiger partial charge in [-0.25, -0.2) is 4.68 Å². The van der Waals surface area contributed by atoms with Gasteiger partial charge in [0.1, 0.15) is 11.2 Å². The quantitative estimate of drug-likeness (QED) is 0.722. The first-order valence-corrected chi connectivity index (χ1v) is 9.40. The molecule has 6 heteroatoms. The number of para-hydroxylation sites is 1. The van der Waals surface area contributed by atoms with Crippen LogP contribution in [0, 0.1) is 0 Å². The molecule has 1 atom stereocenters. The number of hydrogen-bond donors (Lipinski definition) is 2. The molecule has 0 saturated heterocycles. The predicted molar refractivity (Wildman–Crippen MR) is 107 cm³/mol. The van der Waals surface area contributed by atoms with E-state index in [0.717, 1.165) is 28.1 Å². The summed E-state index contributed by atoms with van der Waals surface area (Å²) >= 11 is 0. The Labute approximate surface area is 162 Å². The van der Waals surface area contributed by atoms with Crippen molar-refractivity contribution in [3.05, 3.63) is 71.4 Å². The van der Waals surface area contributed by atoms with Gasteiger partial charge in [0.2, 0.25) is 11.8 Å². The van der Waals surface area contributed by atoms with Gasteiger partial charge >= 0.3 is 0 Å². The molecule has 2 amide bonds. The molecule has 0 saturated carbocycles. The van der Waals surface area contributed by atoms with Crippen molar-refractivity contribution in [2.75, 3.05) is 10.6 Å². The van der Waals surface area contributed by atoms with E-state index < -0.39 is 5.41 Å². The fourth-order valence-corrected chi connectivity index (χ4v) is 4.24. The Balaban J connectivity index is 1.76. The van der Waals surface area contributed by atoms with Crippen molar-refractivity contribution < 1.29 is 9.59 Å². The minimum atomic E-state index is -1.05. The number of carbonyl (C=O) groups excluding carboxylic acids is 2. The van der Waals surface area contributed by atoms with Crippen molar-refractivity contribution in [2.24, 2.45) is 0 Å². The summed E-state index contributed by atoms with van der Waals surface area (Å²) < 4.78 is 1.69. The van der Waals surface area contributed by atoms with Crippen LogP contribution in [0.15, 0.2) is 54.7 Å². The number of carbonyl (C=O) groups is 2. The van der Waals surface area contributed by atoms with Crippen molar-refractivity contribution in [3.63, 3.8) is 0 Å². The van der Waals surface area contributed by atoms with Gasteiger partial charge < -0.3 is 10.6 Å². The first-order valence-electron chi connectivity index (χ1n) is 9.40. The largest absolute Gasteiger partial charge is 0.325 e. The Hall–Kier alpha value is -3.41. The normalized spacial score (nSPS) is 20.1. The van der Waals surface area contributed by atoms with E-state index in [4.69, 9.17) is 0 Å². The van der Waals surface area contributed by atoms with Crippen LogP contribution < -0.4 is 10.6 Å². The Kier molecular flexibility index (Phi) is 3.46. The second-order valence-electron chi connectivity index (χ2n) is 7.70. The molecule has 0 bridgehead atoms. The number of nitrogens with one attached hydrogen (secondary N) is 2. The molecule has 3 aromatic rings. The molecule has 2 aliphatic rings. The Bertz CT molecular complexity index is 1120. The van der Waals surface area contributed by atoms with E-state index >= 15 is 0 Å². The molecule has 140 valence electrons. The maximum absolute atomic E-state index is 13.2. The summed E-state index contributed by atoms with van der Waals surface area (Å²) in [5.74, 6) is 0.512. The van der Waals surface area contributed by atoms with Gasteiger partial charge in [0, 0.05) is 17.7 Å². The summed E-state index contributed by atoms with van der Waals surface area (Å²) in [6.45, 7) is 4.23. The SMILES string of the molecule is CC(C)c1ccc2c(c1)C1(CC(=O)Nc3c1cnn3-c1ccccc1)C(=O)N2. The number of fused-ring (bicyclic) bond motifs is 4. The second-order valence-corrected chi connectivity index (χ2v) is 7.70. The molecule has 2 aromatic carbocycles. The molecule has 1 spiro atoms. The van der Waals surface area contributed by atoms with Gasteiger partial charge in [0.05, 0.1) is 11.9 Å². The number of aromatic nitrogens is 2. The van der Waals surface area contributed by atoms with Crippen molar-refractivity contribution >= 4 is 23.3 Å². The fourth-order valence-electron chi connectivity index (χ4n) is 4.24. The number of anilines is 2. The van der Waals surface area contributed by atoms with Crippen LogP contribution in [0.2, 0.25) is 0 Å². The molecular weight excluding hydrogens is 352 g/mol. The van der Waals surface area contributed by atoms with Crippen LogP contribution in [0.25, 0.3) is 5.69 Å². The third-order valence-corrected chi connectivity index (χ3v) is 5.72. The number of nitrogens with zero attached hydrogens (tertiary/aromatic N) is 2. The molecule has 3 heterocycles. The summed E-state index contributed by atoms with van der Waals surface area (Å²) in [5, 5.41) is 10.4. The summed E-state index contributed by atoms with van der Waals surface area (Å²) in [6, 6.07) is 15.6. The molecule has 1 unspecified atom stereocenters. The van der Waals surface area contributed by atoms with E-state index in [9.17, 15) is 9.59 Å². The summed E-state index contributed by atoms with van der Waals surface area (Å²) in [5.41, 5.74) is 3.27. The lowest BCUT2D eigenvalue weighted by atomic mass is 9.71. The fraction of sp³-hybridized carbons (Fsp3) is 0.227. The number of benzene rings is 2. The van der Waals surface area contributed by atoms with Crippen LogP contribution in [-0.4, -0.2) is 21.6 Å². The summed E-state index contributed by atoms with van der Waals surface area (Å²) in [7, 11) is 0. The van der Waals surface area contributed by atoms with E-state index in [0.29, 0.717) is 11.7 Å². The molecule has 2 aliphatic heterocycles. The lowest BCUT2D eigenvalue weighted by molar-refractivity contribution is -0.125. The minimum absolute atomic E-state index is 0.0703. The van der Waals surface area contributed by atoms with Crippen molar-refractivity contribution in [1.82, 2.24) is 9.78 Å². The van der Waals surface area contributed by atoms with Crippen LogP contribution in [0.5, 0.6) is 0 Å². The molecule has 5 rings (SSSR count).